The van der Waals surface area contributed by atoms with Crippen LogP contribution in [0, 0.1) is 23.2 Å². The minimum Gasteiger partial charge on any atom is -0.339 e. The number of hydrogen-bond donors (Lipinski definition) is 0. The zero-order valence-electron chi connectivity index (χ0n) is 25.6. The van der Waals surface area contributed by atoms with Crippen molar-refractivity contribution in [2.45, 2.75) is 11.6 Å². The molecule has 4 aliphatic rings. The lowest BCUT2D eigenvalue weighted by Gasteiger charge is -2.35. The maximum Gasteiger partial charge on any atom is 0.282 e. The number of allylic oxidation sites excluding steroid dienone is 1. The van der Waals surface area contributed by atoms with E-state index >= 15 is 4.79 Å². The van der Waals surface area contributed by atoms with E-state index in [0.717, 1.165) is 0 Å². The van der Waals surface area contributed by atoms with Crippen molar-refractivity contribution in [3.05, 3.63) is 107 Å². The monoisotopic (exact) mass is 638 g/mol. The van der Waals surface area contributed by atoms with Gasteiger partial charge >= 0.3 is 0 Å². The number of aromatic nitrogens is 2. The highest BCUT2D eigenvalue weighted by atomic mass is 32.2. The van der Waals surface area contributed by atoms with Gasteiger partial charge in [0.05, 0.1) is 11.6 Å². The summed E-state index contributed by atoms with van der Waals surface area (Å²) >= 11 is 0. The molecule has 0 unspecified atom stereocenters. The number of fused-ring (bicyclic) bond motifs is 1. The summed E-state index contributed by atoms with van der Waals surface area (Å²) in [5.74, 6) is -0.244. The Morgan fingerprint density at radius 3 is 1.93 bits per heavy atom. The van der Waals surface area contributed by atoms with Gasteiger partial charge in [-0.15, -0.1) is 0 Å². The van der Waals surface area contributed by atoms with Gasteiger partial charge in [0.15, 0.2) is 11.3 Å². The molecule has 1 saturated carbocycles. The molecule has 2 aromatic heterocycles. The number of nitriles is 1. The Morgan fingerprint density at radius 1 is 0.870 bits per heavy atom. The maximum atomic E-state index is 15.0. The molecule has 0 radical (unpaired) electrons. The lowest BCUT2D eigenvalue weighted by Crippen LogP contribution is -2.52. The highest BCUT2D eigenvalue weighted by Crippen LogP contribution is 2.56. The number of piperazine rings is 1. The molecule has 4 fully saturated rings. The van der Waals surface area contributed by atoms with Crippen LogP contribution in [0.5, 0.6) is 0 Å². The maximum absolute atomic E-state index is 15.0. The van der Waals surface area contributed by atoms with Crippen molar-refractivity contribution >= 4 is 21.9 Å². The molecule has 3 aromatic rings. The molecule has 1 aliphatic carbocycles. The van der Waals surface area contributed by atoms with Gasteiger partial charge in [-0.25, -0.2) is 0 Å². The molecule has 7 rings (SSSR count). The molecule has 0 N–H and O–H groups in total. The Morgan fingerprint density at radius 2 is 1.41 bits per heavy atom. The number of benzene rings is 1. The fraction of sp³-hybridized carbons (Fsp3) is 0.364. The number of rotatable bonds is 7. The molecule has 3 saturated heterocycles. The normalized spacial score (nSPS) is 25.9. The Hall–Kier alpha value is -4.48. The molecule has 46 heavy (non-hydrogen) atoms. The third kappa shape index (κ3) is 4.72. The number of likely N-dealkylation sites (N-methyl/N-ethyl adjacent to an activating group) is 2. The Labute approximate surface area is 268 Å². The van der Waals surface area contributed by atoms with Gasteiger partial charge in [-0.3, -0.25) is 24.5 Å². The largest absolute Gasteiger partial charge is 0.339 e. The minimum atomic E-state index is -3.62. The van der Waals surface area contributed by atoms with Crippen molar-refractivity contribution < 1.29 is 18.0 Å². The Kier molecular flexibility index (Phi) is 7.48. The molecule has 12 nitrogen and oxygen atoms in total. The number of pyridine rings is 2. The SMILES string of the molecule is CN1CCN(S(=O)(=O)N2C[C@@H]3[C@H](C2)[C@H]3N2C(=O)C(c3ccncc3)(c3ccncc3)N(C)C2=CC(=O)c2ccc(C#N)cc2)CC1. The second kappa shape index (κ2) is 11.4. The second-order valence-corrected chi connectivity index (χ2v) is 14.2. The predicted molar refractivity (Wildman–Crippen MR) is 168 cm³/mol. The van der Waals surface area contributed by atoms with Gasteiger partial charge in [0.2, 0.25) is 0 Å². The fourth-order valence-corrected chi connectivity index (χ4v) is 8.99. The molecule has 5 heterocycles. The van der Waals surface area contributed by atoms with Crippen molar-refractivity contribution in [3.8, 4) is 6.07 Å². The van der Waals surface area contributed by atoms with E-state index < -0.39 is 15.7 Å². The topological polar surface area (TPSA) is 134 Å². The van der Waals surface area contributed by atoms with E-state index in [1.165, 1.54) is 6.08 Å². The summed E-state index contributed by atoms with van der Waals surface area (Å²) in [7, 11) is 0.168. The summed E-state index contributed by atoms with van der Waals surface area (Å²) in [6.07, 6.45) is 8.04. The Bertz CT molecular complexity index is 1790. The minimum absolute atomic E-state index is 0.0707. The van der Waals surface area contributed by atoms with Gasteiger partial charge in [-0.1, -0.05) is 0 Å². The van der Waals surface area contributed by atoms with Crippen molar-refractivity contribution in [1.29, 1.82) is 5.26 Å². The van der Waals surface area contributed by atoms with E-state index in [9.17, 15) is 18.5 Å². The number of ketones is 1. The van der Waals surface area contributed by atoms with E-state index in [0.29, 0.717) is 67.3 Å². The molecule has 1 aromatic carbocycles. The van der Waals surface area contributed by atoms with Crippen molar-refractivity contribution in [3.63, 3.8) is 0 Å². The van der Waals surface area contributed by atoms with Crippen molar-refractivity contribution in [2.75, 3.05) is 53.4 Å². The smallest absolute Gasteiger partial charge is 0.282 e. The first kappa shape index (κ1) is 30.2. The van der Waals surface area contributed by atoms with Crippen LogP contribution >= 0.6 is 0 Å². The number of piperidine rings is 1. The average Bonchev–Trinajstić information content (AvgIpc) is 3.43. The van der Waals surface area contributed by atoms with Gasteiger partial charge in [-0.2, -0.15) is 22.3 Å². The first-order valence-corrected chi connectivity index (χ1v) is 16.7. The summed E-state index contributed by atoms with van der Waals surface area (Å²) < 4.78 is 30.2. The number of amides is 1. The lowest BCUT2D eigenvalue weighted by atomic mass is 9.82. The number of carbonyl (C=O) groups excluding carboxylic acids is 2. The van der Waals surface area contributed by atoms with Crippen LogP contribution in [0.2, 0.25) is 0 Å². The Balaban J connectivity index is 1.27. The molecule has 13 heteroatoms. The predicted octanol–water partition coefficient (Wildman–Crippen LogP) is 1.51. The fourth-order valence-electron chi connectivity index (χ4n) is 7.32. The summed E-state index contributed by atoms with van der Waals surface area (Å²) in [5, 5.41) is 9.22. The summed E-state index contributed by atoms with van der Waals surface area (Å²) in [6.45, 7) is 2.90. The van der Waals surface area contributed by atoms with E-state index in [4.69, 9.17) is 0 Å². The van der Waals surface area contributed by atoms with E-state index in [2.05, 4.69) is 20.9 Å². The van der Waals surface area contributed by atoms with E-state index in [1.807, 2.05) is 11.9 Å². The molecule has 0 bridgehead atoms. The van der Waals surface area contributed by atoms with Crippen LogP contribution in [0.1, 0.15) is 27.0 Å². The van der Waals surface area contributed by atoms with Crippen LogP contribution in [0.25, 0.3) is 0 Å². The summed E-state index contributed by atoms with van der Waals surface area (Å²) in [5.41, 5.74) is 0.884. The van der Waals surface area contributed by atoms with Crippen LogP contribution in [-0.4, -0.2) is 113 Å². The van der Waals surface area contributed by atoms with E-state index in [-0.39, 0.29) is 29.6 Å². The first-order valence-electron chi connectivity index (χ1n) is 15.3. The summed E-state index contributed by atoms with van der Waals surface area (Å²) in [6, 6.07) is 15.4. The highest BCUT2D eigenvalue weighted by Gasteiger charge is 2.68. The first-order chi connectivity index (χ1) is 22.2. The van der Waals surface area contributed by atoms with Crippen LogP contribution in [0.4, 0.5) is 0 Å². The molecular weight excluding hydrogens is 604 g/mol. The average molecular weight is 639 g/mol. The van der Waals surface area contributed by atoms with Crippen LogP contribution in [0.15, 0.2) is 85.2 Å². The lowest BCUT2D eigenvalue weighted by molar-refractivity contribution is -0.132. The van der Waals surface area contributed by atoms with Gasteiger partial charge < -0.3 is 9.80 Å². The molecule has 3 atom stereocenters. The number of hydrogen-bond acceptors (Lipinski definition) is 9. The second-order valence-electron chi connectivity index (χ2n) is 12.3. The van der Waals surface area contributed by atoms with Crippen molar-refractivity contribution in [1.82, 2.24) is 33.3 Å². The zero-order valence-corrected chi connectivity index (χ0v) is 26.4. The van der Waals surface area contributed by atoms with Gasteiger partial charge in [0.25, 0.3) is 16.1 Å². The molecular formula is C33H34N8O4S. The number of carbonyl (C=O) groups is 2. The molecule has 3 aliphatic heterocycles. The quantitative estimate of drug-likeness (QED) is 0.279. The molecule has 236 valence electrons. The highest BCUT2D eigenvalue weighted by molar-refractivity contribution is 7.86. The third-order valence-electron chi connectivity index (χ3n) is 9.91. The van der Waals surface area contributed by atoms with Crippen LogP contribution < -0.4 is 0 Å². The molecule has 0 spiro atoms. The summed E-state index contributed by atoms with van der Waals surface area (Å²) in [4.78, 5) is 42.8. The van der Waals surface area contributed by atoms with Gasteiger partial charge in [0, 0.05) is 101 Å². The standard InChI is InChI=1S/C33H34N8O4S/c1-37-15-17-39(18-16-37)46(44,45)40-21-27-28(22-40)31(27)41-30(19-29(42)24-5-3-23(20-34)4-6-24)38(2)33(32(41)43,25-7-11-35-12-8-25)26-9-13-36-14-10-26/h3-14,19,27-28,31H,15-18,21-22H2,1-2H3/t27-,28+,31+. The van der Waals surface area contributed by atoms with Gasteiger partial charge in [-0.05, 0) is 66.7 Å². The molecule has 1 amide bonds. The third-order valence-corrected chi connectivity index (χ3v) is 11.9. The van der Waals surface area contributed by atoms with Crippen molar-refractivity contribution in [2.24, 2.45) is 11.8 Å². The van der Waals surface area contributed by atoms with E-state index in [1.54, 1.807) is 93.9 Å². The zero-order chi connectivity index (χ0) is 32.2. The van der Waals surface area contributed by atoms with Gasteiger partial charge in [0.1, 0.15) is 5.82 Å². The van der Waals surface area contributed by atoms with Crippen LogP contribution in [-0.2, 0) is 20.5 Å². The van der Waals surface area contributed by atoms with Crippen LogP contribution in [0.3, 0.4) is 0 Å². The number of nitrogens with zero attached hydrogens (tertiary/aromatic N) is 8.